The number of ether oxygens (including phenoxy) is 2. The van der Waals surface area contributed by atoms with Crippen LogP contribution in [0.5, 0.6) is 5.75 Å². The van der Waals surface area contributed by atoms with E-state index in [2.05, 4.69) is 5.32 Å². The van der Waals surface area contributed by atoms with E-state index >= 15 is 0 Å². The molecule has 0 aromatic heterocycles. The molecule has 4 nitrogen and oxygen atoms in total. The average Bonchev–Trinajstić information content (AvgIpc) is 2.54. The lowest BCUT2D eigenvalue weighted by Gasteiger charge is -2.15. The Balaban J connectivity index is 2.09. The number of amides is 1. The van der Waals surface area contributed by atoms with Gasteiger partial charge in [0.2, 0.25) is 0 Å². The van der Waals surface area contributed by atoms with E-state index in [-0.39, 0.29) is 5.91 Å². The Morgan fingerprint density at radius 1 is 1.18 bits per heavy atom. The van der Waals surface area contributed by atoms with Gasteiger partial charge in [-0.2, -0.15) is 0 Å². The molecule has 4 heteroatoms. The molecule has 0 saturated carbocycles. The first kappa shape index (κ1) is 16.0. The summed E-state index contributed by atoms with van der Waals surface area (Å²) in [5.74, 6) is 0.666. The number of carbonyl (C=O) groups excluding carboxylic acids is 1. The molecular weight excluding hydrogens is 278 g/mol. The Bertz CT molecular complexity index is 640. The summed E-state index contributed by atoms with van der Waals surface area (Å²) in [6.07, 6.45) is -0.607. The number of benzene rings is 2. The van der Waals surface area contributed by atoms with Gasteiger partial charge in [-0.15, -0.1) is 0 Å². The third-order valence-electron chi connectivity index (χ3n) is 3.37. The third kappa shape index (κ3) is 4.09. The van der Waals surface area contributed by atoms with Gasteiger partial charge in [0.05, 0.1) is 0 Å². The quantitative estimate of drug-likeness (QED) is 0.892. The van der Waals surface area contributed by atoms with Crippen LogP contribution in [-0.2, 0) is 16.1 Å². The monoisotopic (exact) mass is 299 g/mol. The molecule has 1 atom stereocenters. The van der Waals surface area contributed by atoms with Crippen LogP contribution in [0.1, 0.15) is 22.8 Å². The summed E-state index contributed by atoms with van der Waals surface area (Å²) in [5, 5.41) is 2.60. The molecule has 1 unspecified atom stereocenters. The first-order valence-electron chi connectivity index (χ1n) is 7.16. The summed E-state index contributed by atoms with van der Waals surface area (Å²) in [7, 11) is 3.12. The second-order valence-electron chi connectivity index (χ2n) is 5.08. The highest BCUT2D eigenvalue weighted by molar-refractivity contribution is 5.81. The third-order valence-corrected chi connectivity index (χ3v) is 3.37. The fourth-order valence-corrected chi connectivity index (χ4v) is 2.24. The van der Waals surface area contributed by atoms with Crippen LogP contribution >= 0.6 is 0 Å². The van der Waals surface area contributed by atoms with E-state index in [0.29, 0.717) is 6.61 Å². The first-order chi connectivity index (χ1) is 10.6. The average molecular weight is 299 g/mol. The Kier molecular flexibility index (Phi) is 5.55. The molecule has 0 aliphatic rings. The van der Waals surface area contributed by atoms with Crippen LogP contribution in [0.15, 0.2) is 48.5 Å². The van der Waals surface area contributed by atoms with Crippen molar-refractivity contribution in [2.24, 2.45) is 0 Å². The normalized spacial score (nSPS) is 11.8. The fourth-order valence-electron chi connectivity index (χ4n) is 2.24. The predicted octanol–water partition coefficient (Wildman–Crippen LogP) is 3.01. The highest BCUT2D eigenvalue weighted by Gasteiger charge is 2.18. The fraction of sp³-hybridized carbons (Fsp3) is 0.278. The first-order valence-corrected chi connectivity index (χ1v) is 7.16. The zero-order valence-corrected chi connectivity index (χ0v) is 13.1. The lowest BCUT2D eigenvalue weighted by molar-refractivity contribution is -0.130. The topological polar surface area (TPSA) is 47.6 Å². The molecule has 0 saturated heterocycles. The number of aryl methyl sites for hydroxylation is 1. The van der Waals surface area contributed by atoms with Gasteiger partial charge in [0.1, 0.15) is 12.4 Å². The molecule has 1 amide bonds. The summed E-state index contributed by atoms with van der Waals surface area (Å²) in [5.41, 5.74) is 2.96. The number of hydrogen-bond donors (Lipinski definition) is 1. The van der Waals surface area contributed by atoms with Crippen LogP contribution < -0.4 is 10.1 Å². The second-order valence-corrected chi connectivity index (χ2v) is 5.08. The maximum atomic E-state index is 11.8. The van der Waals surface area contributed by atoms with E-state index in [1.807, 2.05) is 55.5 Å². The minimum absolute atomic E-state index is 0.167. The maximum absolute atomic E-state index is 11.8. The molecule has 22 heavy (non-hydrogen) atoms. The minimum Gasteiger partial charge on any atom is -0.489 e. The molecule has 2 aromatic carbocycles. The SMILES string of the molecule is CNC(=O)C(OC)c1cccc(COc2cccc(C)c2)c1. The van der Waals surface area contributed by atoms with E-state index < -0.39 is 6.10 Å². The van der Waals surface area contributed by atoms with Crippen molar-refractivity contribution in [1.82, 2.24) is 5.32 Å². The molecule has 0 radical (unpaired) electrons. The predicted molar refractivity (Wildman–Crippen MR) is 85.8 cm³/mol. The number of likely N-dealkylation sites (N-methyl/N-ethyl adjacent to an activating group) is 1. The van der Waals surface area contributed by atoms with E-state index in [1.54, 1.807) is 7.05 Å². The van der Waals surface area contributed by atoms with E-state index in [0.717, 1.165) is 22.4 Å². The van der Waals surface area contributed by atoms with Gasteiger partial charge in [-0.3, -0.25) is 4.79 Å². The van der Waals surface area contributed by atoms with Gasteiger partial charge >= 0.3 is 0 Å². The van der Waals surface area contributed by atoms with Crippen molar-refractivity contribution >= 4 is 5.91 Å². The van der Waals surface area contributed by atoms with Crippen LogP contribution in [0, 0.1) is 6.92 Å². The van der Waals surface area contributed by atoms with Crippen molar-refractivity contribution in [1.29, 1.82) is 0 Å². The van der Waals surface area contributed by atoms with Gasteiger partial charge in [0, 0.05) is 14.2 Å². The molecule has 0 aliphatic carbocycles. The van der Waals surface area contributed by atoms with Crippen LogP contribution in [0.25, 0.3) is 0 Å². The molecular formula is C18H21NO3. The second kappa shape index (κ2) is 7.61. The summed E-state index contributed by atoms with van der Waals surface area (Å²) in [6, 6.07) is 15.6. The zero-order valence-electron chi connectivity index (χ0n) is 13.1. The van der Waals surface area contributed by atoms with Crippen molar-refractivity contribution in [3.05, 3.63) is 65.2 Å². The van der Waals surface area contributed by atoms with Crippen molar-refractivity contribution in [2.75, 3.05) is 14.2 Å². The van der Waals surface area contributed by atoms with E-state index in [1.165, 1.54) is 7.11 Å². The van der Waals surface area contributed by atoms with Crippen LogP contribution in [0.2, 0.25) is 0 Å². The van der Waals surface area contributed by atoms with E-state index in [4.69, 9.17) is 9.47 Å². The summed E-state index contributed by atoms with van der Waals surface area (Å²) in [4.78, 5) is 11.8. The largest absolute Gasteiger partial charge is 0.489 e. The number of nitrogens with one attached hydrogen (secondary N) is 1. The summed E-state index contributed by atoms with van der Waals surface area (Å²) < 4.78 is 11.1. The molecule has 2 aromatic rings. The molecule has 0 fully saturated rings. The van der Waals surface area contributed by atoms with Crippen molar-refractivity contribution in [2.45, 2.75) is 19.6 Å². The number of methoxy groups -OCH3 is 1. The highest BCUT2D eigenvalue weighted by atomic mass is 16.5. The Hall–Kier alpha value is -2.33. The molecule has 0 spiro atoms. The smallest absolute Gasteiger partial charge is 0.253 e. The molecule has 2 rings (SSSR count). The lowest BCUT2D eigenvalue weighted by Crippen LogP contribution is -2.27. The van der Waals surface area contributed by atoms with Crippen LogP contribution in [0.3, 0.4) is 0 Å². The highest BCUT2D eigenvalue weighted by Crippen LogP contribution is 2.20. The zero-order chi connectivity index (χ0) is 15.9. The summed E-state index contributed by atoms with van der Waals surface area (Å²) in [6.45, 7) is 2.47. The lowest BCUT2D eigenvalue weighted by atomic mass is 10.1. The van der Waals surface area contributed by atoms with Crippen molar-refractivity contribution in [3.63, 3.8) is 0 Å². The Morgan fingerprint density at radius 3 is 2.64 bits per heavy atom. The number of rotatable bonds is 6. The van der Waals surface area contributed by atoms with Gasteiger partial charge in [-0.1, -0.05) is 30.3 Å². The van der Waals surface area contributed by atoms with Crippen molar-refractivity contribution in [3.8, 4) is 5.75 Å². The molecule has 1 N–H and O–H groups in total. The van der Waals surface area contributed by atoms with Gasteiger partial charge < -0.3 is 14.8 Å². The van der Waals surface area contributed by atoms with Gasteiger partial charge in [-0.05, 0) is 41.8 Å². The van der Waals surface area contributed by atoms with Gasteiger partial charge in [-0.25, -0.2) is 0 Å². The van der Waals surface area contributed by atoms with Gasteiger partial charge in [0.15, 0.2) is 6.10 Å². The van der Waals surface area contributed by atoms with Crippen LogP contribution in [-0.4, -0.2) is 20.1 Å². The molecule has 0 bridgehead atoms. The number of carbonyl (C=O) groups is 1. The Morgan fingerprint density at radius 2 is 1.95 bits per heavy atom. The summed E-state index contributed by atoms with van der Waals surface area (Å²) >= 11 is 0. The molecule has 0 heterocycles. The standard InChI is InChI=1S/C18H21NO3/c1-13-6-4-9-16(10-13)22-12-14-7-5-8-15(11-14)17(21-3)18(20)19-2/h4-11,17H,12H2,1-3H3,(H,19,20). The Labute approximate surface area is 131 Å². The maximum Gasteiger partial charge on any atom is 0.253 e. The van der Waals surface area contributed by atoms with Gasteiger partial charge in [0.25, 0.3) is 5.91 Å². The van der Waals surface area contributed by atoms with Crippen LogP contribution in [0.4, 0.5) is 0 Å². The minimum atomic E-state index is -0.607. The van der Waals surface area contributed by atoms with Crippen molar-refractivity contribution < 1.29 is 14.3 Å². The van der Waals surface area contributed by atoms with E-state index in [9.17, 15) is 4.79 Å². The molecule has 0 aliphatic heterocycles. The number of hydrogen-bond acceptors (Lipinski definition) is 3. The molecule has 116 valence electrons.